The lowest BCUT2D eigenvalue weighted by Crippen LogP contribution is -2.12. The predicted octanol–water partition coefficient (Wildman–Crippen LogP) is 4.10. The van der Waals surface area contributed by atoms with Gasteiger partial charge in [-0.2, -0.15) is 0 Å². The normalized spacial score (nSPS) is 12.4. The van der Waals surface area contributed by atoms with Crippen molar-refractivity contribution in [3.8, 4) is 0 Å². The van der Waals surface area contributed by atoms with Gasteiger partial charge >= 0.3 is 0 Å². The fourth-order valence-electron chi connectivity index (χ4n) is 1.79. The lowest BCUT2D eigenvalue weighted by Gasteiger charge is -2.12. The molecule has 0 spiro atoms. The molecular formula is C16H19NS. The molecule has 0 amide bonds. The van der Waals surface area contributed by atoms with Gasteiger partial charge in [0.2, 0.25) is 0 Å². The molecule has 0 saturated heterocycles. The summed E-state index contributed by atoms with van der Waals surface area (Å²) in [5.41, 5.74) is 10.1. The number of rotatable bonds is 4. The highest BCUT2D eigenvalue weighted by molar-refractivity contribution is 7.99. The maximum Gasteiger partial charge on any atom is 0.0390 e. The van der Waals surface area contributed by atoms with Gasteiger partial charge in [-0.05, 0) is 42.7 Å². The zero-order chi connectivity index (χ0) is 13.0. The van der Waals surface area contributed by atoms with Crippen molar-refractivity contribution in [3.63, 3.8) is 0 Å². The van der Waals surface area contributed by atoms with E-state index >= 15 is 0 Å². The van der Waals surface area contributed by atoms with E-state index < -0.39 is 0 Å². The first kappa shape index (κ1) is 13.2. The van der Waals surface area contributed by atoms with Gasteiger partial charge in [-0.1, -0.05) is 36.4 Å². The Kier molecular flexibility index (Phi) is 4.45. The molecule has 18 heavy (non-hydrogen) atoms. The molecule has 94 valence electrons. The van der Waals surface area contributed by atoms with Crippen LogP contribution in [0.3, 0.4) is 0 Å². The third-order valence-electron chi connectivity index (χ3n) is 3.14. The molecule has 2 rings (SSSR count). The molecule has 0 bridgehead atoms. The Labute approximate surface area is 113 Å². The van der Waals surface area contributed by atoms with Crippen LogP contribution in [0.15, 0.2) is 53.4 Å². The topological polar surface area (TPSA) is 26.0 Å². The Morgan fingerprint density at radius 2 is 1.72 bits per heavy atom. The van der Waals surface area contributed by atoms with Crippen LogP contribution in [0, 0.1) is 13.8 Å². The van der Waals surface area contributed by atoms with Crippen LogP contribution in [0.1, 0.15) is 22.7 Å². The molecule has 1 unspecified atom stereocenters. The van der Waals surface area contributed by atoms with Crippen LogP contribution in [0.2, 0.25) is 0 Å². The van der Waals surface area contributed by atoms with Crippen LogP contribution in [-0.4, -0.2) is 5.75 Å². The maximum absolute atomic E-state index is 6.19. The zero-order valence-corrected chi connectivity index (χ0v) is 11.7. The van der Waals surface area contributed by atoms with Crippen molar-refractivity contribution in [2.75, 3.05) is 5.75 Å². The minimum Gasteiger partial charge on any atom is -0.323 e. The van der Waals surface area contributed by atoms with Crippen LogP contribution in [-0.2, 0) is 0 Å². The van der Waals surface area contributed by atoms with Crippen molar-refractivity contribution in [1.29, 1.82) is 0 Å². The van der Waals surface area contributed by atoms with Gasteiger partial charge in [-0.3, -0.25) is 0 Å². The Bertz CT molecular complexity index is 508. The number of aryl methyl sites for hydroxylation is 2. The fraction of sp³-hybridized carbons (Fsp3) is 0.250. The van der Waals surface area contributed by atoms with Crippen LogP contribution >= 0.6 is 11.8 Å². The van der Waals surface area contributed by atoms with E-state index in [4.69, 9.17) is 5.73 Å². The van der Waals surface area contributed by atoms with Gasteiger partial charge in [0.05, 0.1) is 0 Å². The van der Waals surface area contributed by atoms with Crippen molar-refractivity contribution < 1.29 is 0 Å². The fourth-order valence-corrected chi connectivity index (χ4v) is 2.77. The third kappa shape index (κ3) is 3.37. The van der Waals surface area contributed by atoms with E-state index in [0.29, 0.717) is 0 Å². The predicted molar refractivity (Wildman–Crippen MR) is 80.0 cm³/mol. The summed E-state index contributed by atoms with van der Waals surface area (Å²) in [6.07, 6.45) is 0. The van der Waals surface area contributed by atoms with Gasteiger partial charge in [-0.25, -0.2) is 0 Å². The number of hydrogen-bond acceptors (Lipinski definition) is 2. The third-order valence-corrected chi connectivity index (χ3v) is 4.25. The molecule has 2 heteroatoms. The number of nitrogens with two attached hydrogens (primary N) is 1. The van der Waals surface area contributed by atoms with E-state index in [2.05, 4.69) is 44.2 Å². The summed E-state index contributed by atoms with van der Waals surface area (Å²) in [5, 5.41) is 0. The number of benzene rings is 2. The highest BCUT2D eigenvalue weighted by Crippen LogP contribution is 2.25. The molecule has 0 fully saturated rings. The Balaban J connectivity index is 1.97. The largest absolute Gasteiger partial charge is 0.323 e. The van der Waals surface area contributed by atoms with E-state index in [9.17, 15) is 0 Å². The van der Waals surface area contributed by atoms with Crippen LogP contribution < -0.4 is 5.73 Å². The number of thioether (sulfide) groups is 1. The second-order valence-electron chi connectivity index (χ2n) is 4.57. The molecule has 0 aromatic heterocycles. The lowest BCUT2D eigenvalue weighted by molar-refractivity contribution is 0.831. The standard InChI is InChI=1S/C16H19NS/c1-12-8-9-15(10-13(12)2)18-11-16(17)14-6-4-3-5-7-14/h3-10,16H,11,17H2,1-2H3. The van der Waals surface area contributed by atoms with Gasteiger partial charge in [-0.15, -0.1) is 11.8 Å². The Morgan fingerprint density at radius 3 is 2.39 bits per heavy atom. The van der Waals surface area contributed by atoms with Gasteiger partial charge < -0.3 is 5.73 Å². The lowest BCUT2D eigenvalue weighted by atomic mass is 10.1. The molecule has 0 radical (unpaired) electrons. The highest BCUT2D eigenvalue weighted by Gasteiger charge is 2.06. The van der Waals surface area contributed by atoms with Crippen molar-refractivity contribution in [2.24, 2.45) is 5.73 Å². The summed E-state index contributed by atoms with van der Waals surface area (Å²) in [6.45, 7) is 4.29. The second kappa shape index (κ2) is 6.07. The molecule has 0 saturated carbocycles. The molecule has 0 aliphatic heterocycles. The highest BCUT2D eigenvalue weighted by atomic mass is 32.2. The van der Waals surface area contributed by atoms with Gasteiger partial charge in [0.25, 0.3) is 0 Å². The summed E-state index contributed by atoms with van der Waals surface area (Å²) < 4.78 is 0. The number of hydrogen-bond donors (Lipinski definition) is 1. The summed E-state index contributed by atoms with van der Waals surface area (Å²) in [6, 6.07) is 16.9. The molecule has 2 N–H and O–H groups in total. The molecule has 0 aliphatic carbocycles. The minimum absolute atomic E-state index is 0.0952. The maximum atomic E-state index is 6.19. The van der Waals surface area contributed by atoms with E-state index in [1.165, 1.54) is 21.6 Å². The van der Waals surface area contributed by atoms with Crippen molar-refractivity contribution >= 4 is 11.8 Å². The van der Waals surface area contributed by atoms with Gasteiger partial charge in [0.15, 0.2) is 0 Å². The van der Waals surface area contributed by atoms with Gasteiger partial charge in [0.1, 0.15) is 0 Å². The Hall–Kier alpha value is -1.25. The average Bonchev–Trinajstić information content (AvgIpc) is 2.41. The van der Waals surface area contributed by atoms with Crippen LogP contribution in [0.5, 0.6) is 0 Å². The van der Waals surface area contributed by atoms with Crippen molar-refractivity contribution in [2.45, 2.75) is 24.8 Å². The molecule has 2 aromatic rings. The van der Waals surface area contributed by atoms with E-state index in [-0.39, 0.29) is 6.04 Å². The smallest absolute Gasteiger partial charge is 0.0390 e. The monoisotopic (exact) mass is 257 g/mol. The SMILES string of the molecule is Cc1ccc(SCC(N)c2ccccc2)cc1C. The van der Waals surface area contributed by atoms with Crippen LogP contribution in [0.25, 0.3) is 0 Å². The summed E-state index contributed by atoms with van der Waals surface area (Å²) in [4.78, 5) is 1.30. The molecule has 0 aliphatic rings. The average molecular weight is 257 g/mol. The first-order valence-corrected chi connectivity index (χ1v) is 7.16. The summed E-state index contributed by atoms with van der Waals surface area (Å²) >= 11 is 1.82. The Morgan fingerprint density at radius 1 is 1.00 bits per heavy atom. The molecule has 1 nitrogen and oxygen atoms in total. The van der Waals surface area contributed by atoms with E-state index in [1.807, 2.05) is 30.0 Å². The first-order chi connectivity index (χ1) is 8.66. The molecule has 1 atom stereocenters. The molecule has 0 heterocycles. The second-order valence-corrected chi connectivity index (χ2v) is 5.67. The zero-order valence-electron chi connectivity index (χ0n) is 10.9. The van der Waals surface area contributed by atoms with Crippen molar-refractivity contribution in [3.05, 3.63) is 65.2 Å². The van der Waals surface area contributed by atoms with E-state index in [0.717, 1.165) is 5.75 Å². The van der Waals surface area contributed by atoms with Crippen molar-refractivity contribution in [1.82, 2.24) is 0 Å². The first-order valence-electron chi connectivity index (χ1n) is 6.17. The van der Waals surface area contributed by atoms with E-state index in [1.54, 1.807) is 0 Å². The summed E-state index contributed by atoms with van der Waals surface area (Å²) in [7, 11) is 0. The summed E-state index contributed by atoms with van der Waals surface area (Å²) in [5.74, 6) is 0.909. The van der Waals surface area contributed by atoms with Crippen LogP contribution in [0.4, 0.5) is 0 Å². The quantitative estimate of drug-likeness (QED) is 0.835. The molecule has 2 aromatic carbocycles. The molecular weight excluding hydrogens is 238 g/mol. The minimum atomic E-state index is 0.0952. The van der Waals surface area contributed by atoms with Gasteiger partial charge in [0, 0.05) is 16.7 Å².